The molecule has 2 aromatic rings. The van der Waals surface area contributed by atoms with Gasteiger partial charge in [-0.3, -0.25) is 14.9 Å². The Morgan fingerprint density at radius 1 is 1.38 bits per heavy atom. The Labute approximate surface area is 136 Å². The molecule has 0 aliphatic carbocycles. The first-order chi connectivity index (χ1) is 11.4. The van der Waals surface area contributed by atoms with Crippen LogP contribution in [0.25, 0.3) is 0 Å². The number of nitrogens with one attached hydrogen (secondary N) is 1. The number of anilines is 1. The number of carbonyl (C=O) groups is 1. The number of rotatable bonds is 5. The third-order valence-corrected chi connectivity index (χ3v) is 3.05. The van der Waals surface area contributed by atoms with Crippen LogP contribution in [-0.2, 0) is 4.79 Å². The molecule has 7 nitrogen and oxygen atoms in total. The van der Waals surface area contributed by atoms with E-state index in [1.807, 2.05) is 6.07 Å². The van der Waals surface area contributed by atoms with Crippen molar-refractivity contribution in [2.24, 2.45) is 0 Å². The van der Waals surface area contributed by atoms with E-state index in [0.29, 0.717) is 11.3 Å². The van der Waals surface area contributed by atoms with Crippen molar-refractivity contribution in [3.05, 3.63) is 64.0 Å². The van der Waals surface area contributed by atoms with E-state index < -0.39 is 28.4 Å². The van der Waals surface area contributed by atoms with Crippen LogP contribution in [0.5, 0.6) is 5.75 Å². The zero-order valence-corrected chi connectivity index (χ0v) is 12.5. The second-order valence-electron chi connectivity index (χ2n) is 4.81. The van der Waals surface area contributed by atoms with Crippen LogP contribution in [0.15, 0.2) is 42.5 Å². The van der Waals surface area contributed by atoms with Crippen molar-refractivity contribution < 1.29 is 18.8 Å². The molecular weight excluding hydrogens is 317 g/mol. The Balaban J connectivity index is 2.13. The van der Waals surface area contributed by atoms with Crippen LogP contribution < -0.4 is 10.1 Å². The minimum Gasteiger partial charge on any atom is -0.474 e. The number of carbonyl (C=O) groups excluding carboxylic acids is 1. The monoisotopic (exact) mass is 329 g/mol. The molecule has 0 heterocycles. The molecule has 0 aliphatic rings. The average Bonchev–Trinajstić information content (AvgIpc) is 2.54. The van der Waals surface area contributed by atoms with E-state index in [1.165, 1.54) is 13.0 Å². The lowest BCUT2D eigenvalue weighted by Crippen LogP contribution is -2.30. The number of hydrogen-bond donors (Lipinski definition) is 1. The van der Waals surface area contributed by atoms with Crippen molar-refractivity contribution in [2.45, 2.75) is 13.0 Å². The smallest absolute Gasteiger partial charge is 0.311 e. The van der Waals surface area contributed by atoms with Gasteiger partial charge in [0, 0.05) is 17.8 Å². The van der Waals surface area contributed by atoms with E-state index in [1.54, 1.807) is 18.2 Å². The summed E-state index contributed by atoms with van der Waals surface area (Å²) in [7, 11) is 0. The molecule has 122 valence electrons. The van der Waals surface area contributed by atoms with Gasteiger partial charge in [0.2, 0.25) is 5.75 Å². The van der Waals surface area contributed by atoms with Gasteiger partial charge in [-0.1, -0.05) is 6.07 Å². The molecule has 0 radical (unpaired) electrons. The molecular formula is C16H12FN3O4. The maximum absolute atomic E-state index is 13.3. The average molecular weight is 329 g/mol. The lowest BCUT2D eigenvalue weighted by Gasteiger charge is -2.15. The molecule has 0 bridgehead atoms. The first-order valence-corrected chi connectivity index (χ1v) is 6.82. The standard InChI is InChI=1S/C16H12FN3O4/c1-10(16(21)19-13-4-2-3-11(7-13)9-18)24-15-8-12(17)5-6-14(15)20(22)23/h2-8,10H,1H3,(H,19,21)/t10-/m0/s1. The fraction of sp³-hybridized carbons (Fsp3) is 0.125. The van der Waals surface area contributed by atoms with E-state index in [-0.39, 0.29) is 5.75 Å². The van der Waals surface area contributed by atoms with Crippen molar-refractivity contribution >= 4 is 17.3 Å². The molecule has 24 heavy (non-hydrogen) atoms. The van der Waals surface area contributed by atoms with Crippen molar-refractivity contribution in [3.63, 3.8) is 0 Å². The van der Waals surface area contributed by atoms with Gasteiger partial charge in [0.15, 0.2) is 6.10 Å². The summed E-state index contributed by atoms with van der Waals surface area (Å²) in [5.74, 6) is -1.65. The van der Waals surface area contributed by atoms with E-state index in [4.69, 9.17) is 10.00 Å². The zero-order chi connectivity index (χ0) is 17.7. The molecule has 8 heteroatoms. The number of benzene rings is 2. The third kappa shape index (κ3) is 4.04. The highest BCUT2D eigenvalue weighted by Crippen LogP contribution is 2.28. The van der Waals surface area contributed by atoms with Gasteiger partial charge in [-0.15, -0.1) is 0 Å². The number of nitro groups is 1. The molecule has 1 N–H and O–H groups in total. The summed E-state index contributed by atoms with van der Waals surface area (Å²) in [5.41, 5.74) is 0.299. The topological polar surface area (TPSA) is 105 Å². The number of amides is 1. The summed E-state index contributed by atoms with van der Waals surface area (Å²) in [6.07, 6.45) is -1.11. The summed E-state index contributed by atoms with van der Waals surface area (Å²) in [6, 6.07) is 10.9. The highest BCUT2D eigenvalue weighted by molar-refractivity contribution is 5.94. The highest BCUT2D eigenvalue weighted by atomic mass is 19.1. The van der Waals surface area contributed by atoms with Gasteiger partial charge >= 0.3 is 5.69 Å². The molecule has 0 fully saturated rings. The Kier molecular flexibility index (Phi) is 5.06. The van der Waals surface area contributed by atoms with Crippen molar-refractivity contribution in [2.75, 3.05) is 5.32 Å². The van der Waals surface area contributed by atoms with Crippen molar-refractivity contribution in [1.29, 1.82) is 5.26 Å². The van der Waals surface area contributed by atoms with Crippen LogP contribution in [0.1, 0.15) is 12.5 Å². The molecule has 2 rings (SSSR count). The second kappa shape index (κ2) is 7.19. The van der Waals surface area contributed by atoms with Gasteiger partial charge in [-0.05, 0) is 31.2 Å². The van der Waals surface area contributed by atoms with E-state index in [2.05, 4.69) is 5.32 Å². The van der Waals surface area contributed by atoms with Crippen LogP contribution >= 0.6 is 0 Å². The molecule has 1 amide bonds. The minimum absolute atomic E-state index is 0.339. The number of nitrogens with zero attached hydrogens (tertiary/aromatic N) is 2. The summed E-state index contributed by atoms with van der Waals surface area (Å²) >= 11 is 0. The highest BCUT2D eigenvalue weighted by Gasteiger charge is 2.22. The fourth-order valence-corrected chi connectivity index (χ4v) is 1.89. The van der Waals surface area contributed by atoms with Gasteiger partial charge in [0.1, 0.15) is 5.82 Å². The minimum atomic E-state index is -1.11. The van der Waals surface area contributed by atoms with E-state index in [9.17, 15) is 19.3 Å². The Bertz CT molecular complexity index is 832. The predicted octanol–water partition coefficient (Wildman–Crippen LogP) is 3.01. The molecule has 0 aliphatic heterocycles. The maximum atomic E-state index is 13.3. The molecule has 2 aromatic carbocycles. The number of nitriles is 1. The lowest BCUT2D eigenvalue weighted by molar-refractivity contribution is -0.386. The number of nitro benzene ring substituents is 1. The second-order valence-corrected chi connectivity index (χ2v) is 4.81. The summed E-state index contributed by atoms with van der Waals surface area (Å²) < 4.78 is 18.5. The maximum Gasteiger partial charge on any atom is 0.311 e. The van der Waals surface area contributed by atoms with Crippen LogP contribution in [-0.4, -0.2) is 16.9 Å². The molecule has 1 atom stereocenters. The number of ether oxygens (including phenoxy) is 1. The molecule has 0 saturated carbocycles. The van der Waals surface area contributed by atoms with Gasteiger partial charge in [0.05, 0.1) is 16.6 Å². The molecule has 0 unspecified atom stereocenters. The molecule has 0 aromatic heterocycles. The first kappa shape index (κ1) is 16.9. The van der Waals surface area contributed by atoms with Gasteiger partial charge in [-0.25, -0.2) is 4.39 Å². The molecule has 0 saturated heterocycles. The first-order valence-electron chi connectivity index (χ1n) is 6.82. The number of halogens is 1. The lowest BCUT2D eigenvalue weighted by atomic mass is 10.2. The Hall–Kier alpha value is -3.47. The van der Waals surface area contributed by atoms with Crippen LogP contribution in [0.2, 0.25) is 0 Å². The Morgan fingerprint density at radius 3 is 2.79 bits per heavy atom. The summed E-state index contributed by atoms with van der Waals surface area (Å²) in [4.78, 5) is 22.3. The number of hydrogen-bond acceptors (Lipinski definition) is 5. The van der Waals surface area contributed by atoms with Crippen LogP contribution in [0.3, 0.4) is 0 Å². The van der Waals surface area contributed by atoms with Crippen molar-refractivity contribution in [3.8, 4) is 11.8 Å². The summed E-state index contributed by atoms with van der Waals surface area (Å²) in [6.45, 7) is 1.37. The summed E-state index contributed by atoms with van der Waals surface area (Å²) in [5, 5.41) is 22.3. The van der Waals surface area contributed by atoms with Crippen molar-refractivity contribution in [1.82, 2.24) is 0 Å². The Morgan fingerprint density at radius 2 is 2.12 bits per heavy atom. The SMILES string of the molecule is C[C@H](Oc1cc(F)ccc1[N+](=O)[O-])C(=O)Nc1cccc(C#N)c1. The largest absolute Gasteiger partial charge is 0.474 e. The fourth-order valence-electron chi connectivity index (χ4n) is 1.89. The van der Waals surface area contributed by atoms with E-state index in [0.717, 1.165) is 18.2 Å². The normalized spacial score (nSPS) is 11.2. The van der Waals surface area contributed by atoms with Gasteiger partial charge in [0.25, 0.3) is 5.91 Å². The van der Waals surface area contributed by atoms with Crippen LogP contribution in [0, 0.1) is 27.3 Å². The zero-order valence-electron chi connectivity index (χ0n) is 12.5. The van der Waals surface area contributed by atoms with Gasteiger partial charge in [-0.2, -0.15) is 5.26 Å². The van der Waals surface area contributed by atoms with E-state index >= 15 is 0 Å². The van der Waals surface area contributed by atoms with Crippen LogP contribution in [0.4, 0.5) is 15.8 Å². The predicted molar refractivity (Wildman–Crippen MR) is 82.9 cm³/mol. The third-order valence-electron chi connectivity index (χ3n) is 3.05. The molecule has 0 spiro atoms. The quantitative estimate of drug-likeness (QED) is 0.670. The van der Waals surface area contributed by atoms with Gasteiger partial charge < -0.3 is 10.1 Å².